The molecule has 2 atom stereocenters. The lowest BCUT2D eigenvalue weighted by Gasteiger charge is -2.27. The molecular formula is C17H30ClIN4OS. The number of nitrogens with zero attached hydrogens (tertiary/aromatic N) is 3. The van der Waals surface area contributed by atoms with E-state index in [1.807, 2.05) is 12.1 Å². The van der Waals surface area contributed by atoms with Crippen LogP contribution in [0.25, 0.3) is 0 Å². The van der Waals surface area contributed by atoms with Crippen LogP contribution in [0, 0.1) is 0 Å². The third kappa shape index (κ3) is 6.53. The number of hydrogen-bond donors (Lipinski definition) is 2. The molecule has 0 saturated carbocycles. The summed E-state index contributed by atoms with van der Waals surface area (Å²) in [5.74, 6) is 0.897. The molecule has 0 bridgehead atoms. The van der Waals surface area contributed by atoms with Crippen molar-refractivity contribution >= 4 is 52.9 Å². The van der Waals surface area contributed by atoms with Gasteiger partial charge in [0, 0.05) is 30.6 Å². The lowest BCUT2D eigenvalue weighted by Crippen LogP contribution is -2.43. The van der Waals surface area contributed by atoms with Gasteiger partial charge in [0.15, 0.2) is 5.96 Å². The van der Waals surface area contributed by atoms with Gasteiger partial charge in [0.2, 0.25) is 0 Å². The Bertz CT molecular complexity index is 538. The summed E-state index contributed by atoms with van der Waals surface area (Å²) >= 11 is 7.35. The Morgan fingerprint density at radius 2 is 2.16 bits per heavy atom. The average molecular weight is 501 g/mol. The van der Waals surface area contributed by atoms with Crippen molar-refractivity contribution in [2.24, 2.45) is 4.99 Å². The second-order valence-corrected chi connectivity index (χ2v) is 7.71. The lowest BCUT2D eigenvalue weighted by molar-refractivity contribution is 0.190. The van der Waals surface area contributed by atoms with E-state index in [-0.39, 0.29) is 24.0 Å². The molecule has 0 radical (unpaired) electrons. The minimum absolute atomic E-state index is 0. The fourth-order valence-electron chi connectivity index (χ4n) is 3.17. The highest BCUT2D eigenvalue weighted by atomic mass is 127. The van der Waals surface area contributed by atoms with Crippen molar-refractivity contribution in [2.75, 3.05) is 39.3 Å². The maximum absolute atomic E-state index is 10.3. The maximum Gasteiger partial charge on any atom is 0.194 e. The number of aliphatic imine (C=N–C) groups is 1. The summed E-state index contributed by atoms with van der Waals surface area (Å²) in [6.45, 7) is 11.9. The van der Waals surface area contributed by atoms with E-state index in [9.17, 15) is 5.11 Å². The first-order valence-electron chi connectivity index (χ1n) is 8.79. The molecule has 8 heteroatoms. The van der Waals surface area contributed by atoms with Crippen molar-refractivity contribution in [3.63, 3.8) is 0 Å². The zero-order valence-corrected chi connectivity index (χ0v) is 19.1. The number of aliphatic hydroxyl groups excluding tert-OH is 1. The summed E-state index contributed by atoms with van der Waals surface area (Å²) < 4.78 is 0.696. The Labute approximate surface area is 177 Å². The molecule has 25 heavy (non-hydrogen) atoms. The Hall–Kier alpha value is -0.0900. The second kappa shape index (κ2) is 11.6. The molecule has 0 amide bonds. The number of guanidine groups is 1. The Kier molecular flexibility index (Phi) is 10.6. The third-order valence-electron chi connectivity index (χ3n) is 4.46. The molecule has 5 nitrogen and oxygen atoms in total. The molecule has 1 aromatic rings. The predicted molar refractivity (Wildman–Crippen MR) is 119 cm³/mol. The fraction of sp³-hybridized carbons (Fsp3) is 0.706. The van der Waals surface area contributed by atoms with Crippen molar-refractivity contribution < 1.29 is 5.11 Å². The van der Waals surface area contributed by atoms with E-state index >= 15 is 0 Å². The fourth-order valence-corrected chi connectivity index (χ4v) is 4.21. The van der Waals surface area contributed by atoms with Crippen LogP contribution in [-0.4, -0.2) is 66.2 Å². The van der Waals surface area contributed by atoms with Gasteiger partial charge in [-0.25, -0.2) is 0 Å². The van der Waals surface area contributed by atoms with E-state index < -0.39 is 6.10 Å². The summed E-state index contributed by atoms with van der Waals surface area (Å²) in [6.07, 6.45) is 0.562. The molecule has 2 N–H and O–H groups in total. The molecular weight excluding hydrogens is 471 g/mol. The van der Waals surface area contributed by atoms with E-state index in [2.05, 4.69) is 40.9 Å². The molecule has 0 spiro atoms. The number of likely N-dealkylation sites (N-methyl/N-ethyl adjacent to an activating group) is 1. The van der Waals surface area contributed by atoms with Crippen LogP contribution in [0.5, 0.6) is 0 Å². The SMILES string of the molecule is CCNC(=NCC(O)c1ccc(Cl)s1)N1CCC(N(CC)CC)C1.I. The number of halogens is 2. The van der Waals surface area contributed by atoms with Crippen molar-refractivity contribution in [3.8, 4) is 0 Å². The number of aliphatic hydroxyl groups is 1. The van der Waals surface area contributed by atoms with Crippen LogP contribution in [0.4, 0.5) is 0 Å². The standard InChI is InChI=1S/C17H29ClN4OS.HI/c1-4-19-17(20-11-14(23)15-7-8-16(18)24-15)22-10-9-13(12-22)21(5-2)6-3;/h7-8,13-14,23H,4-6,9-12H2,1-3H3,(H,19,20);1H. The van der Waals surface area contributed by atoms with E-state index in [0.717, 1.165) is 50.0 Å². The van der Waals surface area contributed by atoms with Crippen molar-refractivity contribution in [3.05, 3.63) is 21.3 Å². The summed E-state index contributed by atoms with van der Waals surface area (Å²) in [4.78, 5) is 10.3. The third-order valence-corrected chi connectivity index (χ3v) is 5.80. The Morgan fingerprint density at radius 1 is 1.44 bits per heavy atom. The first-order chi connectivity index (χ1) is 11.6. The van der Waals surface area contributed by atoms with Crippen LogP contribution < -0.4 is 5.32 Å². The van der Waals surface area contributed by atoms with Crippen LogP contribution >= 0.6 is 46.9 Å². The Morgan fingerprint density at radius 3 is 2.72 bits per heavy atom. The molecule has 1 aliphatic rings. The molecule has 2 heterocycles. The van der Waals surface area contributed by atoms with Gasteiger partial charge in [0.25, 0.3) is 0 Å². The molecule has 2 rings (SSSR count). The van der Waals surface area contributed by atoms with E-state index in [1.165, 1.54) is 11.3 Å². The van der Waals surface area contributed by atoms with E-state index in [0.29, 0.717) is 16.9 Å². The number of rotatable bonds is 7. The van der Waals surface area contributed by atoms with Crippen molar-refractivity contribution in [2.45, 2.75) is 39.3 Å². The molecule has 144 valence electrons. The minimum atomic E-state index is -0.600. The summed E-state index contributed by atoms with van der Waals surface area (Å²) in [7, 11) is 0. The summed E-state index contributed by atoms with van der Waals surface area (Å²) in [5.41, 5.74) is 0. The topological polar surface area (TPSA) is 51.1 Å². The van der Waals surface area contributed by atoms with E-state index in [1.54, 1.807) is 0 Å². The molecule has 1 aliphatic heterocycles. The molecule has 1 saturated heterocycles. The van der Waals surface area contributed by atoms with Crippen molar-refractivity contribution in [1.29, 1.82) is 0 Å². The largest absolute Gasteiger partial charge is 0.386 e. The van der Waals surface area contributed by atoms with Crippen LogP contribution in [0.15, 0.2) is 17.1 Å². The van der Waals surface area contributed by atoms with Gasteiger partial charge in [-0.15, -0.1) is 35.3 Å². The summed E-state index contributed by atoms with van der Waals surface area (Å²) in [6, 6.07) is 4.27. The Balaban J connectivity index is 0.00000312. The first-order valence-corrected chi connectivity index (χ1v) is 9.99. The monoisotopic (exact) mass is 500 g/mol. The van der Waals surface area contributed by atoms with Crippen LogP contribution in [-0.2, 0) is 0 Å². The normalized spacial score (nSPS) is 19.2. The number of hydrogen-bond acceptors (Lipinski definition) is 4. The van der Waals surface area contributed by atoms with Crippen molar-refractivity contribution in [1.82, 2.24) is 15.1 Å². The van der Waals surface area contributed by atoms with Gasteiger partial charge in [0.1, 0.15) is 6.10 Å². The summed E-state index contributed by atoms with van der Waals surface area (Å²) in [5, 5.41) is 13.7. The smallest absolute Gasteiger partial charge is 0.194 e. The highest BCUT2D eigenvalue weighted by molar-refractivity contribution is 14.0. The highest BCUT2D eigenvalue weighted by Gasteiger charge is 2.28. The molecule has 1 aromatic heterocycles. The quantitative estimate of drug-likeness (QED) is 0.342. The van der Waals surface area contributed by atoms with Crippen LogP contribution in [0.2, 0.25) is 4.34 Å². The molecule has 0 aliphatic carbocycles. The molecule has 0 aromatic carbocycles. The highest BCUT2D eigenvalue weighted by Crippen LogP contribution is 2.27. The molecule has 2 unspecified atom stereocenters. The van der Waals surface area contributed by atoms with Gasteiger partial charge >= 0.3 is 0 Å². The maximum atomic E-state index is 10.3. The van der Waals surface area contributed by atoms with Gasteiger partial charge < -0.3 is 15.3 Å². The zero-order valence-electron chi connectivity index (χ0n) is 15.2. The number of likely N-dealkylation sites (tertiary alicyclic amines) is 1. The number of thiophene rings is 1. The number of nitrogens with one attached hydrogen (secondary N) is 1. The zero-order chi connectivity index (χ0) is 17.5. The minimum Gasteiger partial charge on any atom is -0.386 e. The van der Waals surface area contributed by atoms with Gasteiger partial charge in [-0.05, 0) is 38.6 Å². The van der Waals surface area contributed by atoms with Gasteiger partial charge in [0.05, 0.1) is 10.9 Å². The lowest BCUT2D eigenvalue weighted by atomic mass is 10.2. The molecule has 1 fully saturated rings. The average Bonchev–Trinajstić information content (AvgIpc) is 3.22. The van der Waals surface area contributed by atoms with Crippen LogP contribution in [0.3, 0.4) is 0 Å². The van der Waals surface area contributed by atoms with E-state index in [4.69, 9.17) is 11.6 Å². The predicted octanol–water partition coefficient (Wildman–Crippen LogP) is 3.43. The van der Waals surface area contributed by atoms with Gasteiger partial charge in [-0.2, -0.15) is 0 Å². The van der Waals surface area contributed by atoms with Gasteiger partial charge in [-0.1, -0.05) is 25.4 Å². The van der Waals surface area contributed by atoms with Crippen LogP contribution in [0.1, 0.15) is 38.2 Å². The first kappa shape index (κ1) is 23.0. The van der Waals surface area contributed by atoms with Gasteiger partial charge in [-0.3, -0.25) is 9.89 Å². The second-order valence-electron chi connectivity index (χ2n) is 5.96.